The van der Waals surface area contributed by atoms with Crippen LogP contribution in [0.5, 0.6) is 0 Å². The van der Waals surface area contributed by atoms with Crippen LogP contribution in [0.3, 0.4) is 0 Å². The largest absolute Gasteiger partial charge is 0.350 e. The quantitative estimate of drug-likeness (QED) is 0.503. The Morgan fingerprint density at radius 2 is 1.86 bits per heavy atom. The van der Waals surface area contributed by atoms with E-state index >= 15 is 0 Å². The van der Waals surface area contributed by atoms with Crippen molar-refractivity contribution in [3.63, 3.8) is 0 Å². The Kier molecular flexibility index (Phi) is 7.23. The number of aryl methyl sites for hydroxylation is 1. The molecule has 0 aliphatic rings. The van der Waals surface area contributed by atoms with Crippen molar-refractivity contribution in [2.45, 2.75) is 46.5 Å². The minimum Gasteiger partial charge on any atom is -0.350 e. The van der Waals surface area contributed by atoms with Crippen LogP contribution in [-0.4, -0.2) is 22.0 Å². The number of unbranched alkanes of at least 4 members (excludes halogenated alkanes) is 1. The number of aromatic nitrogens is 2. The topological polar surface area (TPSA) is 46.9 Å². The van der Waals surface area contributed by atoms with E-state index in [4.69, 9.17) is 0 Å². The molecule has 152 valence electrons. The Bertz CT molecular complexity index is 927. The average Bonchev–Trinajstić information content (AvgIpc) is 3.24. The summed E-state index contributed by atoms with van der Waals surface area (Å²) in [5, 5.41) is 3.10. The van der Waals surface area contributed by atoms with Gasteiger partial charge in [-0.25, -0.2) is 4.98 Å². The third-order valence-corrected chi connectivity index (χ3v) is 5.57. The molecule has 1 N–H and O–H groups in total. The molecule has 1 amide bonds. The molecule has 2 aromatic carbocycles. The molecule has 1 heterocycles. The van der Waals surface area contributed by atoms with Crippen LogP contribution in [0.15, 0.2) is 61.1 Å². The zero-order valence-electron chi connectivity index (χ0n) is 17.7. The molecule has 0 aliphatic carbocycles. The van der Waals surface area contributed by atoms with E-state index in [2.05, 4.69) is 67.5 Å². The number of nitrogens with zero attached hydrogens (tertiary/aromatic N) is 2. The highest BCUT2D eigenvalue weighted by atomic mass is 16.1. The highest BCUT2D eigenvalue weighted by Gasteiger charge is 2.15. The van der Waals surface area contributed by atoms with Crippen LogP contribution < -0.4 is 5.32 Å². The zero-order valence-corrected chi connectivity index (χ0v) is 17.7. The smallest absolute Gasteiger partial charge is 0.269 e. The Labute approximate surface area is 174 Å². The minimum atomic E-state index is -0.0690. The van der Waals surface area contributed by atoms with Crippen molar-refractivity contribution in [2.75, 3.05) is 6.54 Å². The molecule has 0 bridgehead atoms. The number of hydrogen-bond donors (Lipinski definition) is 1. The molecule has 4 nitrogen and oxygen atoms in total. The summed E-state index contributed by atoms with van der Waals surface area (Å²) in [6.45, 7) is 7.22. The number of carbonyl (C=O) groups is 1. The van der Waals surface area contributed by atoms with Gasteiger partial charge >= 0.3 is 0 Å². The first-order chi connectivity index (χ1) is 14.1. The van der Waals surface area contributed by atoms with Crippen LogP contribution in [0.25, 0.3) is 16.8 Å². The van der Waals surface area contributed by atoms with Crippen molar-refractivity contribution in [1.29, 1.82) is 0 Å². The molecule has 3 aromatic rings. The minimum absolute atomic E-state index is 0.0690. The molecular formula is C25H31N3O. The van der Waals surface area contributed by atoms with Crippen LogP contribution in [-0.2, 0) is 0 Å². The molecule has 1 atom stereocenters. The normalized spacial score (nSPS) is 12.0. The third-order valence-electron chi connectivity index (χ3n) is 5.57. The Morgan fingerprint density at radius 1 is 1.10 bits per heavy atom. The van der Waals surface area contributed by atoms with E-state index in [1.165, 1.54) is 29.5 Å². The third kappa shape index (κ3) is 5.14. The lowest BCUT2D eigenvalue weighted by molar-refractivity contribution is 0.0939. The van der Waals surface area contributed by atoms with E-state index in [-0.39, 0.29) is 5.91 Å². The molecule has 1 aromatic heterocycles. The fourth-order valence-electron chi connectivity index (χ4n) is 3.64. The number of rotatable bonds is 9. The van der Waals surface area contributed by atoms with Crippen molar-refractivity contribution in [1.82, 2.24) is 14.9 Å². The van der Waals surface area contributed by atoms with E-state index in [0.29, 0.717) is 18.2 Å². The average molecular weight is 390 g/mol. The Morgan fingerprint density at radius 3 is 2.55 bits per heavy atom. The maximum absolute atomic E-state index is 12.8. The summed E-state index contributed by atoms with van der Waals surface area (Å²) in [5.41, 5.74) is 5.14. The predicted octanol–water partition coefficient (Wildman–Crippen LogP) is 5.79. The molecule has 0 saturated carbocycles. The van der Waals surface area contributed by atoms with Gasteiger partial charge in [-0.15, -0.1) is 0 Å². The van der Waals surface area contributed by atoms with Crippen LogP contribution in [0.4, 0.5) is 0 Å². The van der Waals surface area contributed by atoms with Gasteiger partial charge in [0.15, 0.2) is 0 Å². The Balaban J connectivity index is 1.72. The van der Waals surface area contributed by atoms with Crippen molar-refractivity contribution >= 4 is 5.91 Å². The molecule has 0 unspecified atom stereocenters. The van der Waals surface area contributed by atoms with E-state index < -0.39 is 0 Å². The van der Waals surface area contributed by atoms with Gasteiger partial charge in [-0.3, -0.25) is 9.36 Å². The second-order valence-corrected chi connectivity index (χ2v) is 7.64. The zero-order chi connectivity index (χ0) is 20.6. The van der Waals surface area contributed by atoms with Crippen molar-refractivity contribution in [3.8, 4) is 16.8 Å². The summed E-state index contributed by atoms with van der Waals surface area (Å²) in [6.07, 6.45) is 7.98. The maximum atomic E-state index is 12.8. The molecule has 0 fully saturated rings. The van der Waals surface area contributed by atoms with Crippen molar-refractivity contribution in [3.05, 3.63) is 72.3 Å². The van der Waals surface area contributed by atoms with Crippen LogP contribution in [0.1, 0.15) is 55.6 Å². The van der Waals surface area contributed by atoms with Gasteiger partial charge in [0.2, 0.25) is 0 Å². The van der Waals surface area contributed by atoms with Crippen LogP contribution in [0, 0.1) is 12.8 Å². The van der Waals surface area contributed by atoms with Gasteiger partial charge in [0.05, 0.1) is 12.5 Å². The van der Waals surface area contributed by atoms with Crippen LogP contribution in [0.2, 0.25) is 0 Å². The number of amides is 1. The first-order valence-electron chi connectivity index (χ1n) is 10.6. The summed E-state index contributed by atoms with van der Waals surface area (Å²) >= 11 is 0. The summed E-state index contributed by atoms with van der Waals surface area (Å²) < 4.78 is 1.85. The number of hydrogen-bond acceptors (Lipinski definition) is 2. The number of benzene rings is 2. The van der Waals surface area contributed by atoms with Gasteiger partial charge in [0.25, 0.3) is 5.91 Å². The fraction of sp³-hybridized carbons (Fsp3) is 0.360. The highest BCUT2D eigenvalue weighted by molar-refractivity contribution is 5.93. The van der Waals surface area contributed by atoms with E-state index in [9.17, 15) is 4.79 Å². The molecule has 0 radical (unpaired) electrons. The lowest BCUT2D eigenvalue weighted by Gasteiger charge is -2.16. The van der Waals surface area contributed by atoms with Crippen molar-refractivity contribution in [2.24, 2.45) is 5.92 Å². The first-order valence-corrected chi connectivity index (χ1v) is 10.6. The molecule has 0 spiro atoms. The highest BCUT2D eigenvalue weighted by Crippen LogP contribution is 2.24. The second-order valence-electron chi connectivity index (χ2n) is 7.64. The van der Waals surface area contributed by atoms with Gasteiger partial charge in [0, 0.05) is 12.2 Å². The van der Waals surface area contributed by atoms with Gasteiger partial charge < -0.3 is 5.32 Å². The van der Waals surface area contributed by atoms with E-state index in [1.807, 2.05) is 16.7 Å². The Hall–Kier alpha value is -2.88. The second kappa shape index (κ2) is 10.1. The van der Waals surface area contributed by atoms with Gasteiger partial charge in [-0.05, 0) is 48.1 Å². The monoisotopic (exact) mass is 389 g/mol. The summed E-state index contributed by atoms with van der Waals surface area (Å²) in [7, 11) is 0. The summed E-state index contributed by atoms with van der Waals surface area (Å²) in [6, 6.07) is 16.6. The fourth-order valence-corrected chi connectivity index (χ4v) is 3.64. The lowest BCUT2D eigenvalue weighted by Crippen LogP contribution is -2.30. The molecule has 0 saturated heterocycles. The molecule has 29 heavy (non-hydrogen) atoms. The molecule has 3 rings (SSSR count). The van der Waals surface area contributed by atoms with Crippen LogP contribution >= 0.6 is 0 Å². The summed E-state index contributed by atoms with van der Waals surface area (Å²) in [4.78, 5) is 17.0. The van der Waals surface area contributed by atoms with Gasteiger partial charge in [0.1, 0.15) is 5.69 Å². The van der Waals surface area contributed by atoms with Crippen molar-refractivity contribution < 1.29 is 4.79 Å². The molecular weight excluding hydrogens is 358 g/mol. The van der Waals surface area contributed by atoms with E-state index in [0.717, 1.165) is 18.5 Å². The lowest BCUT2D eigenvalue weighted by atomic mass is 9.99. The number of carbonyl (C=O) groups excluding carboxylic acids is 1. The van der Waals surface area contributed by atoms with Gasteiger partial charge in [-0.1, -0.05) is 69.5 Å². The van der Waals surface area contributed by atoms with Gasteiger partial charge in [-0.2, -0.15) is 0 Å². The van der Waals surface area contributed by atoms with E-state index in [1.54, 1.807) is 12.5 Å². The maximum Gasteiger partial charge on any atom is 0.269 e. The first kappa shape index (κ1) is 20.8. The molecule has 0 aliphatic heterocycles. The predicted molar refractivity (Wildman–Crippen MR) is 119 cm³/mol. The molecule has 4 heteroatoms. The number of nitrogens with one attached hydrogen (secondary N) is 1. The standard InChI is InChI=1S/C25H31N3O/c1-4-6-10-20(5-2)16-27-25(29)24-17-26-18-28(24)22-14-12-21(13-15-22)23-11-8-7-9-19(23)3/h7-9,11-15,17-18,20H,4-6,10,16H2,1-3H3,(H,27,29)/t20-/m0/s1. The summed E-state index contributed by atoms with van der Waals surface area (Å²) in [5.74, 6) is 0.462. The SMILES string of the molecule is CCCC[C@H](CC)CNC(=O)c1cncn1-c1ccc(-c2ccccc2C)cc1. The number of imidazole rings is 1.